The van der Waals surface area contributed by atoms with E-state index >= 15 is 0 Å². The van der Waals surface area contributed by atoms with Gasteiger partial charge in [-0.05, 0) is 41.8 Å². The highest BCUT2D eigenvalue weighted by Gasteiger charge is 2.17. The van der Waals surface area contributed by atoms with Crippen molar-refractivity contribution in [1.82, 2.24) is 0 Å². The van der Waals surface area contributed by atoms with E-state index in [4.69, 9.17) is 9.47 Å². The van der Waals surface area contributed by atoms with Crippen LogP contribution in [0, 0.1) is 0 Å². The van der Waals surface area contributed by atoms with Crippen LogP contribution in [0.2, 0.25) is 0 Å². The standard InChI is InChI=1S/C31H48O3/c1-4-5-6-7-8-9-10-11-12-13-14-15-16-17-18-23-34-31(32)26(2)27-19-20-29-25-30(33-3)22-21-28(29)24-27/h19-22,24-26H,4-18,23H2,1-3H3. The minimum absolute atomic E-state index is 0.127. The molecule has 0 saturated heterocycles. The molecule has 2 aromatic rings. The molecular weight excluding hydrogens is 420 g/mol. The number of esters is 1. The lowest BCUT2D eigenvalue weighted by Gasteiger charge is -2.13. The molecule has 1 atom stereocenters. The lowest BCUT2D eigenvalue weighted by molar-refractivity contribution is -0.145. The predicted molar refractivity (Wildman–Crippen MR) is 145 cm³/mol. The Morgan fingerprint density at radius 3 is 1.76 bits per heavy atom. The molecule has 0 radical (unpaired) electrons. The third-order valence-electron chi connectivity index (χ3n) is 6.92. The summed E-state index contributed by atoms with van der Waals surface area (Å²) in [5.74, 6) is 0.470. The third kappa shape index (κ3) is 10.9. The van der Waals surface area contributed by atoms with Gasteiger partial charge in [0.05, 0.1) is 19.6 Å². The molecule has 0 aliphatic carbocycles. The van der Waals surface area contributed by atoms with Crippen LogP contribution < -0.4 is 4.74 Å². The largest absolute Gasteiger partial charge is 0.497 e. The molecule has 0 fully saturated rings. The van der Waals surface area contributed by atoms with Crippen LogP contribution in [0.1, 0.15) is 122 Å². The molecule has 0 N–H and O–H groups in total. The monoisotopic (exact) mass is 468 g/mol. The van der Waals surface area contributed by atoms with Crippen molar-refractivity contribution in [3.05, 3.63) is 42.0 Å². The highest BCUT2D eigenvalue weighted by atomic mass is 16.5. The van der Waals surface area contributed by atoms with Crippen LogP contribution in [-0.2, 0) is 9.53 Å². The summed E-state index contributed by atoms with van der Waals surface area (Å²) in [7, 11) is 1.67. The van der Waals surface area contributed by atoms with E-state index in [9.17, 15) is 4.79 Å². The quantitative estimate of drug-likeness (QED) is 0.152. The van der Waals surface area contributed by atoms with E-state index in [0.717, 1.165) is 34.9 Å². The number of carbonyl (C=O) groups is 1. The van der Waals surface area contributed by atoms with Gasteiger partial charge in [-0.15, -0.1) is 0 Å². The van der Waals surface area contributed by atoms with Gasteiger partial charge >= 0.3 is 5.97 Å². The second-order valence-electron chi connectivity index (χ2n) is 9.81. The fourth-order valence-electron chi connectivity index (χ4n) is 4.55. The van der Waals surface area contributed by atoms with Crippen molar-refractivity contribution in [1.29, 1.82) is 0 Å². The van der Waals surface area contributed by atoms with Crippen molar-refractivity contribution >= 4 is 16.7 Å². The lowest BCUT2D eigenvalue weighted by atomic mass is 9.98. The first-order chi connectivity index (χ1) is 16.7. The number of carbonyl (C=O) groups excluding carboxylic acids is 1. The van der Waals surface area contributed by atoms with Gasteiger partial charge in [0.2, 0.25) is 0 Å². The van der Waals surface area contributed by atoms with Gasteiger partial charge in [0, 0.05) is 0 Å². The molecule has 0 amide bonds. The molecular formula is C31H48O3. The maximum atomic E-state index is 12.5. The van der Waals surface area contributed by atoms with Crippen LogP contribution in [0.4, 0.5) is 0 Å². The first-order valence-electron chi connectivity index (χ1n) is 13.9. The van der Waals surface area contributed by atoms with Gasteiger partial charge < -0.3 is 9.47 Å². The summed E-state index contributed by atoms with van der Waals surface area (Å²) >= 11 is 0. The number of hydrogen-bond acceptors (Lipinski definition) is 3. The SMILES string of the molecule is CCCCCCCCCCCCCCCCCOC(=O)C(C)c1ccc2cc(OC)ccc2c1. The van der Waals surface area contributed by atoms with Gasteiger partial charge in [-0.3, -0.25) is 4.79 Å². The number of hydrogen-bond donors (Lipinski definition) is 0. The topological polar surface area (TPSA) is 35.5 Å². The van der Waals surface area contributed by atoms with Gasteiger partial charge in [0.25, 0.3) is 0 Å². The Hall–Kier alpha value is -2.03. The Morgan fingerprint density at radius 2 is 1.21 bits per heavy atom. The van der Waals surface area contributed by atoms with Crippen LogP contribution in [0.25, 0.3) is 10.8 Å². The fraction of sp³-hybridized carbons (Fsp3) is 0.645. The maximum Gasteiger partial charge on any atom is 0.313 e. The summed E-state index contributed by atoms with van der Waals surface area (Å²) in [5, 5.41) is 2.22. The number of rotatable bonds is 19. The first kappa shape index (κ1) is 28.2. The second kappa shape index (κ2) is 17.4. The van der Waals surface area contributed by atoms with Crippen LogP contribution in [0.5, 0.6) is 5.75 Å². The van der Waals surface area contributed by atoms with E-state index in [2.05, 4.69) is 13.0 Å². The lowest BCUT2D eigenvalue weighted by Crippen LogP contribution is -2.14. The molecule has 0 aliphatic heterocycles. The zero-order valence-corrected chi connectivity index (χ0v) is 22.1. The van der Waals surface area contributed by atoms with Crippen molar-refractivity contribution in [2.24, 2.45) is 0 Å². The Bertz CT molecular complexity index is 813. The average Bonchev–Trinajstić information content (AvgIpc) is 2.87. The third-order valence-corrected chi connectivity index (χ3v) is 6.92. The molecule has 0 bridgehead atoms. The normalized spacial score (nSPS) is 12.1. The Balaban J connectivity index is 1.47. The van der Waals surface area contributed by atoms with Gasteiger partial charge in [0.15, 0.2) is 0 Å². The molecule has 190 valence electrons. The van der Waals surface area contributed by atoms with E-state index in [1.165, 1.54) is 83.5 Å². The van der Waals surface area contributed by atoms with Crippen LogP contribution in [0.15, 0.2) is 36.4 Å². The fourth-order valence-corrected chi connectivity index (χ4v) is 4.55. The highest BCUT2D eigenvalue weighted by molar-refractivity contribution is 5.86. The molecule has 3 heteroatoms. The average molecular weight is 469 g/mol. The summed E-state index contributed by atoms with van der Waals surface area (Å²) in [5.41, 5.74) is 0.999. The van der Waals surface area contributed by atoms with Gasteiger partial charge in [0.1, 0.15) is 5.75 Å². The molecule has 0 saturated carbocycles. The summed E-state index contributed by atoms with van der Waals surface area (Å²) in [4.78, 5) is 12.5. The number of fused-ring (bicyclic) bond motifs is 1. The van der Waals surface area contributed by atoms with Crippen molar-refractivity contribution < 1.29 is 14.3 Å². The molecule has 0 aromatic heterocycles. The molecule has 2 aromatic carbocycles. The Labute approximate surface area is 208 Å². The minimum atomic E-state index is -0.247. The summed E-state index contributed by atoms with van der Waals surface area (Å²) in [6.45, 7) is 4.74. The molecule has 2 rings (SSSR count). The van der Waals surface area contributed by atoms with Crippen molar-refractivity contribution in [2.75, 3.05) is 13.7 Å². The van der Waals surface area contributed by atoms with Crippen molar-refractivity contribution in [2.45, 2.75) is 116 Å². The second-order valence-corrected chi connectivity index (χ2v) is 9.81. The van der Waals surface area contributed by atoms with Crippen LogP contribution in [0.3, 0.4) is 0 Å². The maximum absolute atomic E-state index is 12.5. The first-order valence-corrected chi connectivity index (χ1v) is 13.9. The molecule has 0 aliphatic rings. The zero-order chi connectivity index (χ0) is 24.4. The Kier molecular flexibility index (Phi) is 14.4. The van der Waals surface area contributed by atoms with Gasteiger partial charge in [-0.25, -0.2) is 0 Å². The summed E-state index contributed by atoms with van der Waals surface area (Å²) < 4.78 is 10.8. The molecule has 1 unspecified atom stereocenters. The van der Waals surface area contributed by atoms with E-state index in [1.54, 1.807) is 7.11 Å². The van der Waals surface area contributed by atoms with E-state index in [-0.39, 0.29) is 11.9 Å². The smallest absolute Gasteiger partial charge is 0.313 e. The minimum Gasteiger partial charge on any atom is -0.497 e. The summed E-state index contributed by atoms with van der Waals surface area (Å²) in [6, 6.07) is 12.1. The number of methoxy groups -OCH3 is 1. The van der Waals surface area contributed by atoms with E-state index < -0.39 is 0 Å². The predicted octanol–water partition coefficient (Wildman–Crippen LogP) is 9.37. The molecule has 34 heavy (non-hydrogen) atoms. The number of benzene rings is 2. The van der Waals surface area contributed by atoms with Crippen molar-refractivity contribution in [3.63, 3.8) is 0 Å². The van der Waals surface area contributed by atoms with Crippen LogP contribution in [-0.4, -0.2) is 19.7 Å². The Morgan fingerprint density at radius 1 is 0.706 bits per heavy atom. The summed E-state index contributed by atoms with van der Waals surface area (Å²) in [6.07, 6.45) is 20.1. The van der Waals surface area contributed by atoms with E-state index in [0.29, 0.717) is 6.61 Å². The van der Waals surface area contributed by atoms with Crippen molar-refractivity contribution in [3.8, 4) is 5.75 Å². The molecule has 0 heterocycles. The van der Waals surface area contributed by atoms with E-state index in [1.807, 2.05) is 37.3 Å². The molecule has 0 spiro atoms. The van der Waals surface area contributed by atoms with Gasteiger partial charge in [-0.1, -0.05) is 121 Å². The van der Waals surface area contributed by atoms with Crippen LogP contribution >= 0.6 is 0 Å². The van der Waals surface area contributed by atoms with Gasteiger partial charge in [-0.2, -0.15) is 0 Å². The zero-order valence-electron chi connectivity index (χ0n) is 22.1. The highest BCUT2D eigenvalue weighted by Crippen LogP contribution is 2.26. The number of unbranched alkanes of at least 4 members (excludes halogenated alkanes) is 14. The number of ether oxygens (including phenoxy) is 2. The molecule has 3 nitrogen and oxygen atoms in total.